The van der Waals surface area contributed by atoms with E-state index in [-0.39, 0.29) is 12.0 Å². The topological polar surface area (TPSA) is 113 Å². The van der Waals surface area contributed by atoms with Gasteiger partial charge in [0.05, 0.1) is 36.9 Å². The van der Waals surface area contributed by atoms with E-state index in [1.165, 1.54) is 19.5 Å². The number of nitrogens with one attached hydrogen (secondary N) is 1. The Labute approximate surface area is 113 Å². The fourth-order valence-electron chi connectivity index (χ4n) is 1.86. The number of carbonyl (C=O) groups excluding carboxylic acids is 1. The van der Waals surface area contributed by atoms with Crippen LogP contribution in [0.4, 0.5) is 0 Å². The number of aromatic amines is 1. The van der Waals surface area contributed by atoms with Crippen LogP contribution in [0.15, 0.2) is 29.3 Å². The van der Waals surface area contributed by atoms with Crippen LogP contribution in [-0.4, -0.2) is 39.4 Å². The minimum atomic E-state index is -1.31. The lowest BCUT2D eigenvalue weighted by atomic mass is 10.0. The number of nitrogens with zero attached hydrogens (tertiary/aromatic N) is 1. The number of aromatic nitrogens is 2. The number of fused-ring (bicyclic) bond motifs is 1. The number of esters is 1. The van der Waals surface area contributed by atoms with Crippen LogP contribution < -0.4 is 5.56 Å². The molecule has 0 fully saturated rings. The quantitative estimate of drug-likeness (QED) is 0.672. The van der Waals surface area contributed by atoms with Gasteiger partial charge in [-0.1, -0.05) is 6.07 Å². The van der Waals surface area contributed by atoms with E-state index in [0.29, 0.717) is 16.5 Å². The van der Waals surface area contributed by atoms with E-state index < -0.39 is 18.2 Å². The van der Waals surface area contributed by atoms with Gasteiger partial charge in [0, 0.05) is 0 Å². The second-order valence-corrected chi connectivity index (χ2v) is 4.30. The minimum Gasteiger partial charge on any atom is -0.469 e. The molecule has 0 aliphatic rings. The highest BCUT2D eigenvalue weighted by atomic mass is 16.5. The summed E-state index contributed by atoms with van der Waals surface area (Å²) in [5.41, 5.74) is 0.464. The van der Waals surface area contributed by atoms with Crippen LogP contribution in [-0.2, 0) is 9.53 Å². The molecule has 0 bridgehead atoms. The van der Waals surface area contributed by atoms with Crippen LogP contribution in [0.3, 0.4) is 0 Å². The third-order valence-electron chi connectivity index (χ3n) is 2.97. The van der Waals surface area contributed by atoms with Gasteiger partial charge in [-0.15, -0.1) is 0 Å². The second kappa shape index (κ2) is 5.81. The summed E-state index contributed by atoms with van der Waals surface area (Å²) in [6.45, 7) is 0. The molecular formula is C13H14N2O5. The number of aliphatic hydroxyl groups is 2. The molecular weight excluding hydrogens is 264 g/mol. The molecule has 1 heterocycles. The van der Waals surface area contributed by atoms with E-state index in [1.54, 1.807) is 12.1 Å². The molecule has 1 aromatic carbocycles. The molecule has 0 spiro atoms. The zero-order valence-corrected chi connectivity index (χ0v) is 10.7. The molecule has 0 amide bonds. The van der Waals surface area contributed by atoms with Gasteiger partial charge in [-0.3, -0.25) is 9.59 Å². The predicted molar refractivity (Wildman–Crippen MR) is 70.0 cm³/mol. The normalized spacial score (nSPS) is 13.9. The molecule has 3 N–H and O–H groups in total. The molecule has 0 aliphatic heterocycles. The third-order valence-corrected chi connectivity index (χ3v) is 2.97. The number of hydrogen-bond donors (Lipinski definition) is 3. The highest BCUT2D eigenvalue weighted by molar-refractivity contribution is 5.78. The van der Waals surface area contributed by atoms with E-state index in [9.17, 15) is 19.8 Å². The standard InChI is InChI=1S/C13H14N2O5/c1-20-11(17)5-10(16)12(18)7-2-3-9-8(4-7)13(19)15-6-14-9/h2-4,6,10,12,16,18H,5H2,1H3,(H,14,15,19). The summed E-state index contributed by atoms with van der Waals surface area (Å²) in [6.07, 6.45) is -1.65. The maximum Gasteiger partial charge on any atom is 0.308 e. The Hall–Kier alpha value is -2.25. The molecule has 0 saturated carbocycles. The Balaban J connectivity index is 2.30. The van der Waals surface area contributed by atoms with E-state index >= 15 is 0 Å². The Kier molecular flexibility index (Phi) is 4.11. The SMILES string of the molecule is COC(=O)CC(O)C(O)c1ccc2nc[nH]c(=O)c2c1. The number of ether oxygens (including phenoxy) is 1. The first kappa shape index (κ1) is 14.2. The lowest BCUT2D eigenvalue weighted by Gasteiger charge is -2.17. The molecule has 7 nitrogen and oxygen atoms in total. The van der Waals surface area contributed by atoms with Crippen LogP contribution >= 0.6 is 0 Å². The van der Waals surface area contributed by atoms with Crippen LogP contribution in [0.5, 0.6) is 0 Å². The first-order valence-corrected chi connectivity index (χ1v) is 5.93. The number of H-pyrrole nitrogens is 1. The zero-order valence-electron chi connectivity index (χ0n) is 10.7. The highest BCUT2D eigenvalue weighted by Gasteiger charge is 2.22. The Morgan fingerprint density at radius 3 is 2.90 bits per heavy atom. The molecule has 7 heteroatoms. The van der Waals surface area contributed by atoms with E-state index in [2.05, 4.69) is 14.7 Å². The minimum absolute atomic E-state index is 0.300. The summed E-state index contributed by atoms with van der Waals surface area (Å²) < 4.78 is 4.42. The first-order valence-electron chi connectivity index (χ1n) is 5.93. The summed E-state index contributed by atoms with van der Waals surface area (Å²) in [6, 6.07) is 4.54. The van der Waals surface area contributed by atoms with Gasteiger partial charge in [-0.25, -0.2) is 4.98 Å². The van der Waals surface area contributed by atoms with Crippen molar-refractivity contribution in [3.63, 3.8) is 0 Å². The van der Waals surface area contributed by atoms with Gasteiger partial charge in [-0.2, -0.15) is 0 Å². The Morgan fingerprint density at radius 2 is 2.20 bits per heavy atom. The third kappa shape index (κ3) is 2.84. The van der Waals surface area contributed by atoms with Crippen molar-refractivity contribution < 1.29 is 19.7 Å². The molecule has 2 atom stereocenters. The maximum absolute atomic E-state index is 11.6. The fourth-order valence-corrected chi connectivity index (χ4v) is 1.86. The summed E-state index contributed by atoms with van der Waals surface area (Å²) >= 11 is 0. The number of carbonyl (C=O) groups is 1. The zero-order chi connectivity index (χ0) is 14.7. The molecule has 20 heavy (non-hydrogen) atoms. The summed E-state index contributed by atoms with van der Waals surface area (Å²) in [4.78, 5) is 29.1. The van der Waals surface area contributed by atoms with E-state index in [0.717, 1.165) is 0 Å². The number of aliphatic hydroxyl groups excluding tert-OH is 2. The molecule has 106 valence electrons. The number of benzene rings is 1. The lowest BCUT2D eigenvalue weighted by molar-refractivity contribution is -0.144. The molecule has 2 aromatic rings. The van der Waals surface area contributed by atoms with Gasteiger partial charge in [-0.05, 0) is 17.7 Å². The van der Waals surface area contributed by atoms with E-state index in [4.69, 9.17) is 0 Å². The average Bonchev–Trinajstić information content (AvgIpc) is 2.46. The van der Waals surface area contributed by atoms with Gasteiger partial charge >= 0.3 is 5.97 Å². The van der Waals surface area contributed by atoms with E-state index in [1.807, 2.05) is 0 Å². The van der Waals surface area contributed by atoms with Gasteiger partial charge in [0.1, 0.15) is 6.10 Å². The number of methoxy groups -OCH3 is 1. The highest BCUT2D eigenvalue weighted by Crippen LogP contribution is 2.21. The van der Waals surface area contributed by atoms with Crippen LogP contribution in [0, 0.1) is 0 Å². The summed E-state index contributed by atoms with van der Waals surface area (Å²) in [7, 11) is 1.20. The van der Waals surface area contributed by atoms with Gasteiger partial charge in [0.2, 0.25) is 0 Å². The molecule has 2 unspecified atom stereocenters. The van der Waals surface area contributed by atoms with Gasteiger partial charge in [0.25, 0.3) is 5.56 Å². The second-order valence-electron chi connectivity index (χ2n) is 4.30. The number of hydrogen-bond acceptors (Lipinski definition) is 6. The van der Waals surface area contributed by atoms with Crippen molar-refractivity contribution in [3.05, 3.63) is 40.4 Å². The first-order chi connectivity index (χ1) is 9.52. The van der Waals surface area contributed by atoms with Crippen LogP contribution in [0.2, 0.25) is 0 Å². The van der Waals surface area contributed by atoms with Crippen molar-refractivity contribution in [2.45, 2.75) is 18.6 Å². The summed E-state index contributed by atoms with van der Waals surface area (Å²) in [5.74, 6) is -0.628. The van der Waals surface area contributed by atoms with Gasteiger partial charge < -0.3 is 19.9 Å². The predicted octanol–water partition coefficient (Wildman–Crippen LogP) is -0.119. The van der Waals surface area contributed by atoms with Crippen LogP contribution in [0.25, 0.3) is 10.9 Å². The van der Waals surface area contributed by atoms with Crippen molar-refractivity contribution in [2.75, 3.05) is 7.11 Å². The fraction of sp³-hybridized carbons (Fsp3) is 0.308. The van der Waals surface area contributed by atoms with Crippen LogP contribution in [0.1, 0.15) is 18.1 Å². The molecule has 1 aromatic heterocycles. The average molecular weight is 278 g/mol. The lowest BCUT2D eigenvalue weighted by Crippen LogP contribution is -2.22. The van der Waals surface area contributed by atoms with Crippen molar-refractivity contribution in [1.82, 2.24) is 9.97 Å². The number of rotatable bonds is 4. The maximum atomic E-state index is 11.6. The molecule has 0 aliphatic carbocycles. The Bertz CT molecular complexity index is 682. The molecule has 0 radical (unpaired) electrons. The summed E-state index contributed by atoms with van der Waals surface area (Å²) in [5, 5.41) is 20.1. The van der Waals surface area contributed by atoms with Crippen molar-refractivity contribution >= 4 is 16.9 Å². The van der Waals surface area contributed by atoms with Crippen molar-refractivity contribution in [2.24, 2.45) is 0 Å². The molecule has 0 saturated heterocycles. The van der Waals surface area contributed by atoms with Crippen molar-refractivity contribution in [3.8, 4) is 0 Å². The van der Waals surface area contributed by atoms with Gasteiger partial charge in [0.15, 0.2) is 0 Å². The smallest absolute Gasteiger partial charge is 0.308 e. The monoisotopic (exact) mass is 278 g/mol. The van der Waals surface area contributed by atoms with Crippen molar-refractivity contribution in [1.29, 1.82) is 0 Å². The Morgan fingerprint density at radius 1 is 1.45 bits per heavy atom. The molecule has 2 rings (SSSR count). The largest absolute Gasteiger partial charge is 0.469 e.